The van der Waals surface area contributed by atoms with Gasteiger partial charge < -0.3 is 24.6 Å². The molecular formula is C27H34N8. The minimum atomic E-state index is 0.358. The molecule has 0 amide bonds. The van der Waals surface area contributed by atoms with Crippen LogP contribution < -0.4 is 15.1 Å². The van der Waals surface area contributed by atoms with Crippen molar-refractivity contribution in [1.29, 1.82) is 0 Å². The molecule has 0 bridgehead atoms. The highest BCUT2D eigenvalue weighted by Gasteiger charge is 2.23. The summed E-state index contributed by atoms with van der Waals surface area (Å²) >= 11 is 0. The zero-order valence-corrected chi connectivity index (χ0v) is 20.9. The second kappa shape index (κ2) is 9.00. The number of rotatable bonds is 5. The van der Waals surface area contributed by atoms with Gasteiger partial charge >= 0.3 is 0 Å². The molecule has 3 aromatic heterocycles. The first-order valence-electron chi connectivity index (χ1n) is 12.8. The van der Waals surface area contributed by atoms with Crippen molar-refractivity contribution < 1.29 is 0 Å². The van der Waals surface area contributed by atoms with E-state index in [0.717, 1.165) is 61.5 Å². The van der Waals surface area contributed by atoms with Crippen molar-refractivity contribution in [3.05, 3.63) is 42.9 Å². The fraction of sp³-hybridized carbons (Fsp3) is 0.444. The summed E-state index contributed by atoms with van der Waals surface area (Å²) in [4.78, 5) is 21.7. The van der Waals surface area contributed by atoms with Gasteiger partial charge in [0, 0.05) is 74.5 Å². The molecular weight excluding hydrogens is 436 g/mol. The average molecular weight is 471 g/mol. The van der Waals surface area contributed by atoms with Crippen LogP contribution in [0.15, 0.2) is 42.9 Å². The highest BCUT2D eigenvalue weighted by atomic mass is 15.3. The average Bonchev–Trinajstić information content (AvgIpc) is 3.55. The van der Waals surface area contributed by atoms with Crippen LogP contribution in [0.25, 0.3) is 21.8 Å². The number of hydrogen-bond donors (Lipinski definition) is 1. The quantitative estimate of drug-likeness (QED) is 0.455. The van der Waals surface area contributed by atoms with E-state index >= 15 is 0 Å². The van der Waals surface area contributed by atoms with E-state index in [1.807, 2.05) is 12.4 Å². The second-order valence-electron chi connectivity index (χ2n) is 10.1. The molecule has 8 heteroatoms. The highest BCUT2D eigenvalue weighted by molar-refractivity contribution is 6.03. The van der Waals surface area contributed by atoms with Gasteiger partial charge in [-0.15, -0.1) is 0 Å². The van der Waals surface area contributed by atoms with Crippen LogP contribution in [-0.2, 0) is 0 Å². The van der Waals surface area contributed by atoms with Gasteiger partial charge in [-0.3, -0.25) is 0 Å². The van der Waals surface area contributed by atoms with E-state index in [2.05, 4.69) is 80.9 Å². The molecule has 1 aromatic carbocycles. The predicted molar refractivity (Wildman–Crippen MR) is 144 cm³/mol. The maximum absolute atomic E-state index is 4.95. The molecule has 0 atom stereocenters. The molecule has 6 rings (SSSR count). The molecule has 35 heavy (non-hydrogen) atoms. The number of likely N-dealkylation sites (N-methyl/N-ethyl adjacent to an activating group) is 1. The molecule has 1 N–H and O–H groups in total. The van der Waals surface area contributed by atoms with E-state index in [0.29, 0.717) is 12.0 Å². The second-order valence-corrected chi connectivity index (χ2v) is 10.1. The third-order valence-corrected chi connectivity index (χ3v) is 7.38. The van der Waals surface area contributed by atoms with Gasteiger partial charge in [0.15, 0.2) is 0 Å². The van der Waals surface area contributed by atoms with Gasteiger partial charge in [-0.1, -0.05) is 12.1 Å². The summed E-state index contributed by atoms with van der Waals surface area (Å²) in [7, 11) is 2.19. The third-order valence-electron chi connectivity index (χ3n) is 7.38. The van der Waals surface area contributed by atoms with Crippen LogP contribution in [0.3, 0.4) is 0 Å². The number of benzene rings is 1. The molecule has 2 aliphatic rings. The molecule has 8 nitrogen and oxygen atoms in total. The molecule has 0 saturated carbocycles. The normalized spacial score (nSPS) is 17.3. The molecule has 2 saturated heterocycles. The van der Waals surface area contributed by atoms with Crippen LogP contribution in [0.4, 0.5) is 23.1 Å². The van der Waals surface area contributed by atoms with E-state index < -0.39 is 0 Å². The molecule has 0 aliphatic carbocycles. The van der Waals surface area contributed by atoms with Gasteiger partial charge in [-0.2, -0.15) is 0 Å². The summed E-state index contributed by atoms with van der Waals surface area (Å²) in [5, 5.41) is 5.64. The van der Waals surface area contributed by atoms with Crippen molar-refractivity contribution in [2.45, 2.75) is 32.7 Å². The first kappa shape index (κ1) is 22.1. The lowest BCUT2D eigenvalue weighted by Crippen LogP contribution is -2.45. The topological polar surface area (TPSA) is 65.4 Å². The lowest BCUT2D eigenvalue weighted by molar-refractivity contribution is 0.313. The van der Waals surface area contributed by atoms with E-state index in [1.54, 1.807) is 0 Å². The molecule has 0 spiro atoms. The zero-order valence-electron chi connectivity index (χ0n) is 20.9. The Balaban J connectivity index is 1.36. The summed E-state index contributed by atoms with van der Waals surface area (Å²) in [6.07, 6.45) is 8.57. The van der Waals surface area contributed by atoms with Crippen molar-refractivity contribution in [1.82, 2.24) is 24.4 Å². The van der Waals surface area contributed by atoms with Gasteiger partial charge in [0.2, 0.25) is 5.95 Å². The Kier molecular flexibility index (Phi) is 5.68. The summed E-state index contributed by atoms with van der Waals surface area (Å²) in [5.41, 5.74) is 4.62. The maximum Gasteiger partial charge on any atom is 0.228 e. The summed E-state index contributed by atoms with van der Waals surface area (Å²) in [6, 6.07) is 8.94. The van der Waals surface area contributed by atoms with Gasteiger partial charge in [0.25, 0.3) is 0 Å². The molecule has 2 aliphatic heterocycles. The number of fused-ring (bicyclic) bond motifs is 3. The fourth-order valence-electron chi connectivity index (χ4n) is 5.35. The van der Waals surface area contributed by atoms with Crippen molar-refractivity contribution in [3.63, 3.8) is 0 Å². The molecule has 0 unspecified atom stereocenters. The number of hydrogen-bond acceptors (Lipinski definition) is 7. The summed E-state index contributed by atoms with van der Waals surface area (Å²) in [5.74, 6) is 1.37. The van der Waals surface area contributed by atoms with Gasteiger partial charge in [-0.25, -0.2) is 15.0 Å². The smallest absolute Gasteiger partial charge is 0.228 e. The van der Waals surface area contributed by atoms with E-state index in [4.69, 9.17) is 9.97 Å². The highest BCUT2D eigenvalue weighted by Crippen LogP contribution is 2.34. The fourth-order valence-corrected chi connectivity index (χ4v) is 5.35. The van der Waals surface area contributed by atoms with Crippen LogP contribution in [-0.4, -0.2) is 70.7 Å². The first-order chi connectivity index (χ1) is 17.1. The Morgan fingerprint density at radius 1 is 0.829 bits per heavy atom. The van der Waals surface area contributed by atoms with Crippen LogP contribution in [0.5, 0.6) is 0 Å². The SMILES string of the molecule is CC(C)n1ccc2ccc3cnc(Nc4cc(N5CCCC5)c(N5CCN(C)CC5)cn4)nc3c21. The minimum Gasteiger partial charge on any atom is -0.370 e. The molecule has 4 aromatic rings. The Hall–Kier alpha value is -3.39. The van der Waals surface area contributed by atoms with Crippen molar-refractivity contribution in [3.8, 4) is 0 Å². The molecule has 2 fully saturated rings. The molecule has 0 radical (unpaired) electrons. The first-order valence-corrected chi connectivity index (χ1v) is 12.8. The monoisotopic (exact) mass is 470 g/mol. The van der Waals surface area contributed by atoms with Crippen molar-refractivity contribution in [2.75, 3.05) is 61.4 Å². The number of piperazine rings is 1. The van der Waals surface area contributed by atoms with E-state index in [-0.39, 0.29) is 0 Å². The number of aromatic nitrogens is 4. The lowest BCUT2D eigenvalue weighted by atomic mass is 10.2. The standard InChI is InChI=1S/C27H34N8/c1-19(2)35-11-8-20-6-7-21-17-29-27(31-25(21)26(20)35)30-24-16-22(33-9-4-5-10-33)23(18-28-24)34-14-12-32(3)13-15-34/h6-8,11,16-19H,4-5,9-10,12-15H2,1-3H3,(H,28,29,30,31). The minimum absolute atomic E-state index is 0.358. The van der Waals surface area contributed by atoms with E-state index in [1.165, 1.54) is 29.6 Å². The summed E-state index contributed by atoms with van der Waals surface area (Å²) in [6.45, 7) is 10.8. The lowest BCUT2D eigenvalue weighted by Gasteiger charge is -2.36. The Morgan fingerprint density at radius 3 is 2.34 bits per heavy atom. The zero-order chi connectivity index (χ0) is 23.9. The number of pyridine rings is 1. The Labute approximate surface area is 206 Å². The number of nitrogens with zero attached hydrogens (tertiary/aromatic N) is 7. The van der Waals surface area contributed by atoms with Crippen LogP contribution in [0, 0.1) is 0 Å². The maximum atomic E-state index is 4.95. The van der Waals surface area contributed by atoms with Crippen LogP contribution in [0.1, 0.15) is 32.7 Å². The van der Waals surface area contributed by atoms with Crippen molar-refractivity contribution in [2.24, 2.45) is 0 Å². The molecule has 5 heterocycles. The van der Waals surface area contributed by atoms with Crippen LogP contribution in [0.2, 0.25) is 0 Å². The van der Waals surface area contributed by atoms with Gasteiger partial charge in [0.05, 0.1) is 23.1 Å². The summed E-state index contributed by atoms with van der Waals surface area (Å²) < 4.78 is 2.28. The van der Waals surface area contributed by atoms with E-state index in [9.17, 15) is 0 Å². The van der Waals surface area contributed by atoms with Gasteiger partial charge in [0.1, 0.15) is 11.3 Å². The Morgan fingerprint density at radius 2 is 1.57 bits per heavy atom. The number of anilines is 4. The van der Waals surface area contributed by atoms with Crippen molar-refractivity contribution >= 4 is 44.9 Å². The Bertz CT molecular complexity index is 1350. The largest absolute Gasteiger partial charge is 0.370 e. The van der Waals surface area contributed by atoms with Crippen LogP contribution >= 0.6 is 0 Å². The molecule has 182 valence electrons. The predicted octanol–water partition coefficient (Wildman–Crippen LogP) is 4.66. The third kappa shape index (κ3) is 4.16. The number of nitrogens with one attached hydrogen (secondary N) is 1. The van der Waals surface area contributed by atoms with Gasteiger partial charge in [-0.05, 0) is 39.8 Å².